The average Bonchev–Trinajstić information content (AvgIpc) is 3.07. The number of carbonyl (C=O) groups excluding carboxylic acids is 2. The van der Waals surface area contributed by atoms with Gasteiger partial charge in [0.1, 0.15) is 0 Å². The molecule has 0 spiro atoms. The molecule has 0 radical (unpaired) electrons. The van der Waals surface area contributed by atoms with Crippen LogP contribution in [-0.2, 0) is 4.74 Å². The second kappa shape index (κ2) is 7.32. The minimum Gasteiger partial charge on any atom is -0.461 e. The molecule has 0 amide bonds. The van der Waals surface area contributed by atoms with Gasteiger partial charge < -0.3 is 4.74 Å². The summed E-state index contributed by atoms with van der Waals surface area (Å²) in [5.41, 5.74) is 1.28. The molecule has 25 heavy (non-hydrogen) atoms. The first kappa shape index (κ1) is 16.9. The lowest BCUT2D eigenvalue weighted by atomic mass is 10.0. The Bertz CT molecular complexity index is 919. The summed E-state index contributed by atoms with van der Waals surface area (Å²) in [5.74, 6) is -0.931. The van der Waals surface area contributed by atoms with Crippen molar-refractivity contribution in [1.29, 1.82) is 0 Å². The Kier molecular flexibility index (Phi) is 4.95. The van der Waals surface area contributed by atoms with Crippen LogP contribution in [-0.4, -0.2) is 28.1 Å². The normalized spacial score (nSPS) is 10.5. The summed E-state index contributed by atoms with van der Waals surface area (Å²) in [7, 11) is 0. The molecule has 1 aromatic heterocycles. The second-order valence-corrected chi connectivity index (χ2v) is 5.67. The third kappa shape index (κ3) is 3.61. The van der Waals surface area contributed by atoms with Crippen molar-refractivity contribution in [2.75, 3.05) is 6.61 Å². The van der Waals surface area contributed by atoms with E-state index >= 15 is 0 Å². The fourth-order valence-corrected chi connectivity index (χ4v) is 2.57. The van der Waals surface area contributed by atoms with Crippen LogP contribution in [0.25, 0.3) is 5.69 Å². The summed E-state index contributed by atoms with van der Waals surface area (Å²) in [6, 6.07) is 15.7. The summed E-state index contributed by atoms with van der Waals surface area (Å²) in [6.45, 7) is 1.90. The molecule has 0 saturated carbocycles. The highest BCUT2D eigenvalue weighted by Gasteiger charge is 2.24. The number of hydrogen-bond acceptors (Lipinski definition) is 4. The van der Waals surface area contributed by atoms with Crippen LogP contribution < -0.4 is 0 Å². The van der Waals surface area contributed by atoms with Crippen molar-refractivity contribution in [3.8, 4) is 5.69 Å². The number of rotatable bonds is 5. The monoisotopic (exact) mass is 354 g/mol. The molecule has 0 bridgehead atoms. The Labute approximate surface area is 149 Å². The quantitative estimate of drug-likeness (QED) is 0.514. The van der Waals surface area contributed by atoms with E-state index in [9.17, 15) is 9.59 Å². The third-order valence-electron chi connectivity index (χ3n) is 3.54. The summed E-state index contributed by atoms with van der Waals surface area (Å²) in [5, 5.41) is 4.78. The van der Waals surface area contributed by atoms with Crippen molar-refractivity contribution in [1.82, 2.24) is 9.78 Å². The molecule has 3 rings (SSSR count). The van der Waals surface area contributed by atoms with E-state index in [1.54, 1.807) is 55.5 Å². The molecule has 0 N–H and O–H groups in total. The van der Waals surface area contributed by atoms with Crippen LogP contribution in [0.2, 0.25) is 5.02 Å². The minimum absolute atomic E-state index is 0.0179. The van der Waals surface area contributed by atoms with Crippen molar-refractivity contribution in [2.45, 2.75) is 6.92 Å². The Morgan fingerprint density at radius 2 is 1.88 bits per heavy atom. The van der Waals surface area contributed by atoms with Crippen molar-refractivity contribution >= 4 is 23.4 Å². The van der Waals surface area contributed by atoms with Gasteiger partial charge in [-0.2, -0.15) is 5.10 Å². The van der Waals surface area contributed by atoms with Crippen LogP contribution >= 0.6 is 11.6 Å². The van der Waals surface area contributed by atoms with Crippen molar-refractivity contribution < 1.29 is 14.3 Å². The van der Waals surface area contributed by atoms with E-state index in [0.717, 1.165) is 0 Å². The number of aromatic nitrogens is 2. The molecule has 2 aromatic carbocycles. The molecule has 0 fully saturated rings. The van der Waals surface area contributed by atoms with Gasteiger partial charge in [0.2, 0.25) is 0 Å². The molecular formula is C19H15ClN2O3. The predicted octanol–water partition coefficient (Wildman–Crippen LogP) is 3.93. The molecule has 3 aromatic rings. The van der Waals surface area contributed by atoms with Gasteiger partial charge in [0.25, 0.3) is 0 Å². The Hall–Kier alpha value is -2.92. The highest BCUT2D eigenvalue weighted by Crippen LogP contribution is 2.19. The summed E-state index contributed by atoms with van der Waals surface area (Å²) in [4.78, 5) is 25.0. The molecule has 1 heterocycles. The van der Waals surface area contributed by atoms with Crippen LogP contribution in [0.5, 0.6) is 0 Å². The average molecular weight is 355 g/mol. The van der Waals surface area contributed by atoms with E-state index in [0.29, 0.717) is 16.3 Å². The molecule has 0 unspecified atom stereocenters. The van der Waals surface area contributed by atoms with Gasteiger partial charge in [0.15, 0.2) is 11.5 Å². The molecular weight excluding hydrogens is 340 g/mol. The molecule has 0 saturated heterocycles. The smallest absolute Gasteiger partial charge is 0.359 e. The van der Waals surface area contributed by atoms with E-state index in [1.165, 1.54) is 10.9 Å². The number of hydrogen-bond donors (Lipinski definition) is 0. The van der Waals surface area contributed by atoms with Gasteiger partial charge in [-0.25, -0.2) is 9.48 Å². The van der Waals surface area contributed by atoms with Gasteiger partial charge in [-0.1, -0.05) is 48.0 Å². The van der Waals surface area contributed by atoms with Gasteiger partial charge in [-0.05, 0) is 25.1 Å². The number of benzene rings is 2. The van der Waals surface area contributed by atoms with E-state index < -0.39 is 5.97 Å². The fraction of sp³-hybridized carbons (Fsp3) is 0.105. The van der Waals surface area contributed by atoms with Crippen LogP contribution in [0.1, 0.15) is 33.3 Å². The fourth-order valence-electron chi connectivity index (χ4n) is 2.39. The number of ether oxygens (including phenoxy) is 1. The summed E-state index contributed by atoms with van der Waals surface area (Å²) < 4.78 is 6.49. The van der Waals surface area contributed by atoms with Crippen LogP contribution in [0.3, 0.4) is 0 Å². The van der Waals surface area contributed by atoms with Gasteiger partial charge in [-0.3, -0.25) is 4.79 Å². The topological polar surface area (TPSA) is 61.2 Å². The number of ketones is 1. The molecule has 5 nitrogen and oxygen atoms in total. The van der Waals surface area contributed by atoms with Gasteiger partial charge >= 0.3 is 5.97 Å². The number of esters is 1. The van der Waals surface area contributed by atoms with E-state index in [1.807, 2.05) is 6.07 Å². The molecule has 0 aliphatic heterocycles. The zero-order valence-electron chi connectivity index (χ0n) is 13.5. The first-order chi connectivity index (χ1) is 12.1. The lowest BCUT2D eigenvalue weighted by Gasteiger charge is -2.01. The maximum absolute atomic E-state index is 12.8. The first-order valence-electron chi connectivity index (χ1n) is 7.72. The maximum atomic E-state index is 12.8. The van der Waals surface area contributed by atoms with Crippen LogP contribution in [0.4, 0.5) is 0 Å². The highest BCUT2D eigenvalue weighted by molar-refractivity contribution is 6.30. The second-order valence-electron chi connectivity index (χ2n) is 5.23. The van der Waals surface area contributed by atoms with Crippen molar-refractivity contribution in [3.63, 3.8) is 0 Å². The molecule has 0 aliphatic carbocycles. The zero-order chi connectivity index (χ0) is 17.8. The lowest BCUT2D eigenvalue weighted by Crippen LogP contribution is -2.12. The van der Waals surface area contributed by atoms with Gasteiger partial charge in [-0.15, -0.1) is 0 Å². The predicted molar refractivity (Wildman–Crippen MR) is 94.4 cm³/mol. The highest BCUT2D eigenvalue weighted by atomic mass is 35.5. The largest absolute Gasteiger partial charge is 0.461 e. The number of halogens is 1. The molecule has 0 atom stereocenters. The van der Waals surface area contributed by atoms with E-state index in [2.05, 4.69) is 5.10 Å². The Morgan fingerprint density at radius 1 is 1.12 bits per heavy atom. The van der Waals surface area contributed by atoms with E-state index in [-0.39, 0.29) is 23.6 Å². The molecule has 126 valence electrons. The summed E-state index contributed by atoms with van der Waals surface area (Å²) >= 11 is 6.01. The van der Waals surface area contributed by atoms with Gasteiger partial charge in [0, 0.05) is 16.8 Å². The maximum Gasteiger partial charge on any atom is 0.359 e. The van der Waals surface area contributed by atoms with Crippen molar-refractivity contribution in [2.24, 2.45) is 0 Å². The first-order valence-corrected chi connectivity index (χ1v) is 8.10. The number of nitrogens with zero attached hydrogens (tertiary/aromatic N) is 2. The SMILES string of the molecule is CCOC(=O)c1nn(-c2cccc(Cl)c2)cc1C(=O)c1ccccc1. The minimum atomic E-state index is -0.637. The van der Waals surface area contributed by atoms with Crippen LogP contribution in [0.15, 0.2) is 60.8 Å². The lowest BCUT2D eigenvalue weighted by molar-refractivity contribution is 0.0516. The molecule has 0 aliphatic rings. The molecule has 6 heteroatoms. The van der Waals surface area contributed by atoms with E-state index in [4.69, 9.17) is 16.3 Å². The Balaban J connectivity index is 2.09. The third-order valence-corrected chi connectivity index (χ3v) is 3.77. The number of carbonyl (C=O) groups is 2. The summed E-state index contributed by atoms with van der Waals surface area (Å²) in [6.07, 6.45) is 1.52. The van der Waals surface area contributed by atoms with Crippen molar-refractivity contribution in [3.05, 3.63) is 82.6 Å². The Morgan fingerprint density at radius 3 is 2.56 bits per heavy atom. The zero-order valence-corrected chi connectivity index (χ0v) is 14.2. The standard InChI is InChI=1S/C19H15ClN2O3/c1-2-25-19(24)17-16(18(23)13-7-4-3-5-8-13)12-22(21-17)15-10-6-9-14(20)11-15/h3-12H,2H2,1H3. The van der Waals surface area contributed by atoms with Gasteiger partial charge in [0.05, 0.1) is 17.9 Å². The van der Waals surface area contributed by atoms with Crippen LogP contribution in [0, 0.1) is 0 Å².